The largest absolute Gasteiger partial charge is 0.368 e. The molecule has 0 aromatic heterocycles. The maximum atomic E-state index is 6.56. The Bertz CT molecular complexity index is 1000. The van der Waals surface area contributed by atoms with Crippen molar-refractivity contribution in [3.63, 3.8) is 0 Å². The van der Waals surface area contributed by atoms with E-state index < -0.39 is 12.6 Å². The van der Waals surface area contributed by atoms with Crippen molar-refractivity contribution in [2.24, 2.45) is 5.92 Å². The second-order valence-electron chi connectivity index (χ2n) is 9.88. The molecule has 11 atom stereocenters. The molecular weight excluding hydrogens is 452 g/mol. The third kappa shape index (κ3) is 4.22. The van der Waals surface area contributed by atoms with E-state index in [1.54, 1.807) is 0 Å². The SMILES string of the molecule is C[C@@H]1C(OCc2ccccc2)[C@H](O[C@H]2C3O[C@H]3C3OC[C@H]2O3)OC2COC(c3ccccc3)O[C@H]21. The third-order valence-corrected chi connectivity index (χ3v) is 7.57. The van der Waals surface area contributed by atoms with Crippen molar-refractivity contribution in [3.8, 4) is 0 Å². The van der Waals surface area contributed by atoms with Crippen LogP contribution in [0.2, 0.25) is 0 Å². The quantitative estimate of drug-likeness (QED) is 0.582. The number of hydrogen-bond donors (Lipinski definition) is 0. The van der Waals surface area contributed by atoms with Crippen molar-refractivity contribution >= 4 is 0 Å². The summed E-state index contributed by atoms with van der Waals surface area (Å²) in [4.78, 5) is 0. The van der Waals surface area contributed by atoms with Crippen LogP contribution in [0.3, 0.4) is 0 Å². The third-order valence-electron chi connectivity index (χ3n) is 7.57. The Hall–Kier alpha value is -1.88. The lowest BCUT2D eigenvalue weighted by atomic mass is 9.89. The van der Waals surface area contributed by atoms with E-state index in [2.05, 4.69) is 19.1 Å². The van der Waals surface area contributed by atoms with Gasteiger partial charge in [0.2, 0.25) is 0 Å². The summed E-state index contributed by atoms with van der Waals surface area (Å²) in [6, 6.07) is 20.1. The second kappa shape index (κ2) is 9.21. The molecular formula is C27H30O8. The van der Waals surface area contributed by atoms with E-state index in [0.717, 1.165) is 11.1 Å². The minimum Gasteiger partial charge on any atom is -0.368 e. The van der Waals surface area contributed by atoms with Gasteiger partial charge < -0.3 is 37.9 Å². The molecule has 186 valence electrons. The molecule has 5 heterocycles. The van der Waals surface area contributed by atoms with Gasteiger partial charge >= 0.3 is 0 Å². The normalized spacial score (nSPS) is 43.9. The van der Waals surface area contributed by atoms with Crippen LogP contribution in [0.25, 0.3) is 0 Å². The van der Waals surface area contributed by atoms with Crippen molar-refractivity contribution in [2.75, 3.05) is 13.2 Å². The number of ether oxygens (including phenoxy) is 8. The summed E-state index contributed by atoms with van der Waals surface area (Å²) in [6.07, 6.45) is -2.65. The summed E-state index contributed by atoms with van der Waals surface area (Å²) in [6.45, 7) is 3.51. The van der Waals surface area contributed by atoms with Gasteiger partial charge in [-0.05, 0) is 5.56 Å². The van der Waals surface area contributed by atoms with Gasteiger partial charge in [-0.15, -0.1) is 0 Å². The van der Waals surface area contributed by atoms with E-state index in [0.29, 0.717) is 19.8 Å². The van der Waals surface area contributed by atoms with Gasteiger partial charge in [0, 0.05) is 11.5 Å². The topological polar surface area (TPSA) is 77.1 Å². The number of rotatable bonds is 6. The fourth-order valence-corrected chi connectivity index (χ4v) is 5.64. The summed E-state index contributed by atoms with van der Waals surface area (Å²) >= 11 is 0. The molecule has 5 aliphatic heterocycles. The molecule has 0 saturated carbocycles. The van der Waals surface area contributed by atoms with Gasteiger partial charge in [-0.25, -0.2) is 0 Å². The van der Waals surface area contributed by atoms with Gasteiger partial charge in [-0.1, -0.05) is 67.6 Å². The minimum absolute atomic E-state index is 0.00517. The van der Waals surface area contributed by atoms with E-state index in [1.807, 2.05) is 48.5 Å². The van der Waals surface area contributed by atoms with Crippen LogP contribution in [-0.4, -0.2) is 68.5 Å². The summed E-state index contributed by atoms with van der Waals surface area (Å²) in [5.74, 6) is 0.00517. The monoisotopic (exact) mass is 482 g/mol. The average molecular weight is 483 g/mol. The first-order valence-corrected chi connectivity index (χ1v) is 12.5. The molecule has 0 aliphatic carbocycles. The maximum absolute atomic E-state index is 6.56. The van der Waals surface area contributed by atoms with Crippen molar-refractivity contribution in [3.05, 3.63) is 71.8 Å². The molecule has 5 aliphatic rings. The van der Waals surface area contributed by atoms with Gasteiger partial charge in [-0.2, -0.15) is 0 Å². The van der Waals surface area contributed by atoms with Gasteiger partial charge in [0.05, 0.1) is 25.9 Å². The minimum atomic E-state index is -0.606. The van der Waals surface area contributed by atoms with E-state index in [4.69, 9.17) is 37.9 Å². The molecule has 8 heteroatoms. The zero-order valence-corrected chi connectivity index (χ0v) is 19.5. The molecule has 0 spiro atoms. The molecule has 5 unspecified atom stereocenters. The number of benzene rings is 2. The summed E-state index contributed by atoms with van der Waals surface area (Å²) < 4.78 is 49.4. The summed E-state index contributed by atoms with van der Waals surface area (Å²) in [5, 5.41) is 0. The van der Waals surface area contributed by atoms with Gasteiger partial charge in [0.25, 0.3) is 0 Å². The van der Waals surface area contributed by atoms with Crippen molar-refractivity contribution in [1.29, 1.82) is 0 Å². The Morgan fingerprint density at radius 3 is 2.34 bits per heavy atom. The fraction of sp³-hybridized carbons (Fsp3) is 0.556. The first-order chi connectivity index (χ1) is 17.2. The molecule has 2 bridgehead atoms. The van der Waals surface area contributed by atoms with E-state index in [9.17, 15) is 0 Å². The van der Waals surface area contributed by atoms with Crippen molar-refractivity contribution in [1.82, 2.24) is 0 Å². The second-order valence-corrected chi connectivity index (χ2v) is 9.88. The van der Waals surface area contributed by atoms with Gasteiger partial charge in [0.15, 0.2) is 18.9 Å². The van der Waals surface area contributed by atoms with Crippen LogP contribution in [0.15, 0.2) is 60.7 Å². The Morgan fingerprint density at radius 2 is 1.51 bits per heavy atom. The highest BCUT2D eigenvalue weighted by Crippen LogP contribution is 2.45. The smallest absolute Gasteiger partial charge is 0.187 e. The van der Waals surface area contributed by atoms with Crippen LogP contribution in [0.4, 0.5) is 0 Å². The number of epoxide rings is 1. The predicted molar refractivity (Wildman–Crippen MR) is 121 cm³/mol. The molecule has 2 aromatic carbocycles. The zero-order valence-electron chi connectivity index (χ0n) is 19.5. The lowest BCUT2D eigenvalue weighted by Crippen LogP contribution is -2.60. The molecule has 8 nitrogen and oxygen atoms in total. The Balaban J connectivity index is 1.11. The highest BCUT2D eigenvalue weighted by Gasteiger charge is 2.63. The first-order valence-electron chi connectivity index (χ1n) is 12.5. The lowest BCUT2D eigenvalue weighted by molar-refractivity contribution is -0.366. The van der Waals surface area contributed by atoms with E-state index in [1.165, 1.54) is 0 Å². The number of hydrogen-bond acceptors (Lipinski definition) is 8. The molecule has 0 N–H and O–H groups in total. The zero-order chi connectivity index (χ0) is 23.4. The molecule has 5 saturated heterocycles. The highest BCUT2D eigenvalue weighted by molar-refractivity contribution is 5.17. The Kier molecular flexibility index (Phi) is 5.87. The summed E-state index contributed by atoms with van der Waals surface area (Å²) in [5.41, 5.74) is 2.08. The predicted octanol–water partition coefficient (Wildman–Crippen LogP) is 2.95. The molecule has 35 heavy (non-hydrogen) atoms. The van der Waals surface area contributed by atoms with Crippen molar-refractivity contribution in [2.45, 2.75) is 75.1 Å². The van der Waals surface area contributed by atoms with Crippen LogP contribution in [0, 0.1) is 5.92 Å². The lowest BCUT2D eigenvalue weighted by Gasteiger charge is -2.49. The Morgan fingerprint density at radius 1 is 0.743 bits per heavy atom. The highest BCUT2D eigenvalue weighted by atomic mass is 16.8. The van der Waals surface area contributed by atoms with E-state index in [-0.39, 0.29) is 54.9 Å². The standard InChI is InChI=1S/C27H30O8/c1-15-20-18(13-29-25(34-20)17-10-6-3-7-11-17)32-27(21(15)28-12-16-8-4-2-5-9-16)35-22-19-14-30-26(31-19)24-23(22)33-24/h2-11,15,18-27H,12-14H2,1H3/t15-,18?,19+,20-,21?,22+,23?,24+,25?,26?,27-/m0/s1. The average Bonchev–Trinajstić information content (AvgIpc) is 3.59. The molecule has 7 rings (SSSR count). The van der Waals surface area contributed by atoms with E-state index >= 15 is 0 Å². The van der Waals surface area contributed by atoms with Crippen LogP contribution in [0.1, 0.15) is 24.3 Å². The van der Waals surface area contributed by atoms with Crippen LogP contribution >= 0.6 is 0 Å². The molecule has 0 amide bonds. The first kappa shape index (κ1) is 22.3. The van der Waals surface area contributed by atoms with Crippen LogP contribution < -0.4 is 0 Å². The number of fused-ring (bicyclic) bond motifs is 5. The van der Waals surface area contributed by atoms with Gasteiger partial charge in [-0.3, -0.25) is 0 Å². The fourth-order valence-electron chi connectivity index (χ4n) is 5.64. The summed E-state index contributed by atoms with van der Waals surface area (Å²) in [7, 11) is 0. The van der Waals surface area contributed by atoms with Crippen LogP contribution in [-0.2, 0) is 44.5 Å². The Labute approximate surface area is 204 Å². The molecule has 2 aromatic rings. The van der Waals surface area contributed by atoms with Gasteiger partial charge in [0.1, 0.15) is 36.6 Å². The molecule has 5 fully saturated rings. The van der Waals surface area contributed by atoms with Crippen molar-refractivity contribution < 1.29 is 37.9 Å². The molecule has 0 radical (unpaired) electrons. The maximum Gasteiger partial charge on any atom is 0.187 e. The van der Waals surface area contributed by atoms with Crippen LogP contribution in [0.5, 0.6) is 0 Å².